The molecule has 1 aliphatic heterocycles. The van der Waals surface area contributed by atoms with Crippen LogP contribution in [0.5, 0.6) is 5.75 Å². The summed E-state index contributed by atoms with van der Waals surface area (Å²) < 4.78 is 10.7. The molecule has 1 aromatic carbocycles. The number of nitrogen functional groups attached to an aromatic ring is 1. The second-order valence-electron chi connectivity index (χ2n) is 4.51. The summed E-state index contributed by atoms with van der Waals surface area (Å²) in [5.74, 6) is 0.712. The molecular weight excluding hydrogens is 272 g/mol. The van der Waals surface area contributed by atoms with E-state index < -0.39 is 0 Å². The Morgan fingerprint density at radius 2 is 2.30 bits per heavy atom. The van der Waals surface area contributed by atoms with E-state index in [9.17, 15) is 0 Å². The highest BCUT2D eigenvalue weighted by Crippen LogP contribution is 2.39. The van der Waals surface area contributed by atoms with Crippen molar-refractivity contribution >= 4 is 22.6 Å². The number of hydrogen-bond donors (Lipinski definition) is 1. The number of nitrogens with zero attached hydrogens (tertiary/aromatic N) is 1. The first-order chi connectivity index (χ1) is 9.79. The monoisotopic (exact) mass is 288 g/mol. The molecule has 5 heteroatoms. The van der Waals surface area contributed by atoms with E-state index in [4.69, 9.17) is 15.2 Å². The largest absolute Gasteiger partial charge is 0.494 e. The Bertz CT molecular complexity index is 649. The van der Waals surface area contributed by atoms with Gasteiger partial charge < -0.3 is 15.2 Å². The minimum absolute atomic E-state index is 0.644. The lowest BCUT2D eigenvalue weighted by molar-refractivity contribution is 0.161. The zero-order valence-corrected chi connectivity index (χ0v) is 12.1. The van der Waals surface area contributed by atoms with Gasteiger partial charge in [-0.3, -0.25) is 0 Å². The van der Waals surface area contributed by atoms with Gasteiger partial charge >= 0.3 is 0 Å². The molecule has 20 heavy (non-hydrogen) atoms. The molecule has 0 spiro atoms. The third-order valence-corrected chi connectivity index (χ3v) is 4.36. The van der Waals surface area contributed by atoms with Crippen LogP contribution in [0, 0.1) is 0 Å². The molecule has 2 heterocycles. The van der Waals surface area contributed by atoms with Gasteiger partial charge in [-0.25, -0.2) is 4.98 Å². The van der Waals surface area contributed by atoms with Crippen molar-refractivity contribution in [3.8, 4) is 16.2 Å². The molecule has 0 radical (unpaired) electrons. The van der Waals surface area contributed by atoms with Gasteiger partial charge in [-0.15, -0.1) is 11.3 Å². The third-order valence-electron chi connectivity index (χ3n) is 3.26. The first-order valence-electron chi connectivity index (χ1n) is 6.45. The fraction of sp³-hybridized carbons (Fsp3) is 0.267. The lowest BCUT2D eigenvalue weighted by Gasteiger charge is -2.11. The van der Waals surface area contributed by atoms with Crippen LogP contribution in [0.1, 0.15) is 11.4 Å². The first kappa shape index (κ1) is 13.1. The molecule has 0 bridgehead atoms. The molecule has 1 aromatic heterocycles. The normalized spacial score (nSPS) is 14.9. The fourth-order valence-corrected chi connectivity index (χ4v) is 3.25. The van der Waals surface area contributed by atoms with Crippen LogP contribution in [-0.2, 0) is 4.74 Å². The maximum atomic E-state index is 5.95. The highest BCUT2D eigenvalue weighted by molar-refractivity contribution is 7.16. The fourth-order valence-electron chi connectivity index (χ4n) is 2.25. The highest BCUT2D eigenvalue weighted by Gasteiger charge is 2.15. The number of anilines is 1. The Hall–Kier alpha value is -1.85. The van der Waals surface area contributed by atoms with E-state index in [1.807, 2.05) is 24.4 Å². The van der Waals surface area contributed by atoms with E-state index in [-0.39, 0.29) is 0 Å². The van der Waals surface area contributed by atoms with Crippen LogP contribution in [0.25, 0.3) is 16.0 Å². The molecule has 2 N–H and O–H groups in total. The summed E-state index contributed by atoms with van der Waals surface area (Å²) in [5, 5.41) is 1.05. The number of para-hydroxylation sites is 1. The Morgan fingerprint density at radius 1 is 1.40 bits per heavy atom. The quantitative estimate of drug-likeness (QED) is 0.881. The zero-order valence-electron chi connectivity index (χ0n) is 11.3. The average molecular weight is 288 g/mol. The number of benzene rings is 1. The predicted octanol–water partition coefficient (Wildman–Crippen LogP) is 3.20. The summed E-state index contributed by atoms with van der Waals surface area (Å²) in [5.41, 5.74) is 8.84. The van der Waals surface area contributed by atoms with Gasteiger partial charge in [0.2, 0.25) is 0 Å². The van der Waals surface area contributed by atoms with Crippen molar-refractivity contribution in [2.24, 2.45) is 0 Å². The van der Waals surface area contributed by atoms with Crippen molar-refractivity contribution < 1.29 is 9.47 Å². The lowest BCUT2D eigenvalue weighted by atomic mass is 10.1. The summed E-state index contributed by atoms with van der Waals surface area (Å²) in [6.07, 6.45) is 4.90. The highest BCUT2D eigenvalue weighted by atomic mass is 32.1. The summed E-state index contributed by atoms with van der Waals surface area (Å²) >= 11 is 1.66. The van der Waals surface area contributed by atoms with Crippen molar-refractivity contribution in [1.29, 1.82) is 0 Å². The molecule has 0 amide bonds. The molecule has 0 fully saturated rings. The van der Waals surface area contributed by atoms with Crippen molar-refractivity contribution in [1.82, 2.24) is 4.98 Å². The maximum Gasteiger partial charge on any atom is 0.150 e. The van der Waals surface area contributed by atoms with Gasteiger partial charge in [0, 0.05) is 11.8 Å². The minimum Gasteiger partial charge on any atom is -0.494 e. The topological polar surface area (TPSA) is 57.4 Å². The summed E-state index contributed by atoms with van der Waals surface area (Å²) in [6.45, 7) is 1.44. The van der Waals surface area contributed by atoms with E-state index in [2.05, 4.69) is 11.1 Å². The van der Waals surface area contributed by atoms with E-state index in [0.29, 0.717) is 18.0 Å². The molecule has 1 aliphatic rings. The van der Waals surface area contributed by atoms with Gasteiger partial charge in [-0.2, -0.15) is 0 Å². The molecular formula is C15H16N2O2S. The third kappa shape index (κ3) is 2.42. The Kier molecular flexibility index (Phi) is 3.71. The Balaban J connectivity index is 1.98. The van der Waals surface area contributed by atoms with Crippen molar-refractivity contribution in [3.05, 3.63) is 35.5 Å². The van der Waals surface area contributed by atoms with Gasteiger partial charge in [0.15, 0.2) is 0 Å². The number of rotatable bonds is 3. The van der Waals surface area contributed by atoms with Crippen LogP contribution in [-0.4, -0.2) is 25.3 Å². The predicted molar refractivity (Wildman–Crippen MR) is 81.9 cm³/mol. The van der Waals surface area contributed by atoms with E-state index in [0.717, 1.165) is 28.5 Å². The average Bonchev–Trinajstić information content (AvgIpc) is 2.97. The number of methoxy groups -OCH3 is 1. The molecule has 4 nitrogen and oxygen atoms in total. The number of hydrogen-bond acceptors (Lipinski definition) is 5. The van der Waals surface area contributed by atoms with Crippen LogP contribution in [0.15, 0.2) is 30.5 Å². The lowest BCUT2D eigenvalue weighted by Crippen LogP contribution is -2.03. The molecule has 0 unspecified atom stereocenters. The molecule has 0 saturated carbocycles. The van der Waals surface area contributed by atoms with Crippen LogP contribution in [0.3, 0.4) is 0 Å². The first-order valence-corrected chi connectivity index (χ1v) is 7.27. The molecule has 104 valence electrons. The van der Waals surface area contributed by atoms with Gasteiger partial charge in [-0.05, 0) is 24.1 Å². The molecule has 0 saturated heterocycles. The van der Waals surface area contributed by atoms with Crippen LogP contribution in [0.2, 0.25) is 0 Å². The number of aromatic nitrogens is 1. The second-order valence-corrected chi connectivity index (χ2v) is 5.54. The minimum atomic E-state index is 0.644. The van der Waals surface area contributed by atoms with Crippen LogP contribution in [0.4, 0.5) is 5.69 Å². The van der Waals surface area contributed by atoms with Crippen molar-refractivity contribution in [2.45, 2.75) is 6.42 Å². The Labute approximate surface area is 121 Å². The molecule has 0 atom stereocenters. The van der Waals surface area contributed by atoms with Crippen LogP contribution < -0.4 is 10.5 Å². The SMILES string of the molecule is COc1c(N)cccc1-c1cnc(C2=CCOCC2)s1. The smallest absolute Gasteiger partial charge is 0.150 e. The Morgan fingerprint density at radius 3 is 3.05 bits per heavy atom. The molecule has 2 aromatic rings. The number of nitrogens with two attached hydrogens (primary N) is 1. The molecule has 3 rings (SSSR count). The van der Waals surface area contributed by atoms with Gasteiger partial charge in [0.1, 0.15) is 10.8 Å². The maximum absolute atomic E-state index is 5.95. The van der Waals surface area contributed by atoms with E-state index in [1.54, 1.807) is 18.4 Å². The summed E-state index contributed by atoms with van der Waals surface area (Å²) in [4.78, 5) is 5.59. The van der Waals surface area contributed by atoms with Crippen LogP contribution >= 0.6 is 11.3 Å². The standard InChI is InChI=1S/C15H16N2O2S/c1-18-14-11(3-2-4-12(14)16)13-9-17-15(20-13)10-5-7-19-8-6-10/h2-5,9H,6-8,16H2,1H3. The van der Waals surface area contributed by atoms with Gasteiger partial charge in [0.05, 0.1) is 30.9 Å². The van der Waals surface area contributed by atoms with Gasteiger partial charge in [-0.1, -0.05) is 12.1 Å². The van der Waals surface area contributed by atoms with Crippen molar-refractivity contribution in [2.75, 3.05) is 26.1 Å². The molecule has 0 aliphatic carbocycles. The summed E-state index contributed by atoms with van der Waals surface area (Å²) in [7, 11) is 1.64. The van der Waals surface area contributed by atoms with Gasteiger partial charge in [0.25, 0.3) is 0 Å². The van der Waals surface area contributed by atoms with Crippen molar-refractivity contribution in [3.63, 3.8) is 0 Å². The number of thiazole rings is 1. The van der Waals surface area contributed by atoms with E-state index in [1.165, 1.54) is 5.57 Å². The number of ether oxygens (including phenoxy) is 2. The second kappa shape index (κ2) is 5.64. The van der Waals surface area contributed by atoms with E-state index >= 15 is 0 Å². The zero-order chi connectivity index (χ0) is 13.9. The summed E-state index contributed by atoms with van der Waals surface area (Å²) in [6, 6.07) is 5.77.